The normalized spacial score (nSPS) is 13.2. The molecule has 0 spiro atoms. The lowest BCUT2D eigenvalue weighted by molar-refractivity contribution is -0.150. The van der Waals surface area contributed by atoms with Crippen molar-refractivity contribution in [1.82, 2.24) is 0 Å². The van der Waals surface area contributed by atoms with Crippen molar-refractivity contribution in [3.05, 3.63) is 34.9 Å². The van der Waals surface area contributed by atoms with E-state index in [2.05, 4.69) is 39.8 Å². The molecular weight excluding hydrogens is 364 g/mol. The molecule has 0 fully saturated rings. The lowest BCUT2D eigenvalue weighted by Crippen LogP contribution is -2.20. The van der Waals surface area contributed by atoms with E-state index in [1.165, 1.54) is 16.7 Å². The van der Waals surface area contributed by atoms with Gasteiger partial charge in [-0.05, 0) is 78.7 Å². The summed E-state index contributed by atoms with van der Waals surface area (Å²) in [7, 11) is 0. The van der Waals surface area contributed by atoms with Gasteiger partial charge in [0.2, 0.25) is 0 Å². The second-order valence-corrected chi connectivity index (χ2v) is 8.44. The van der Waals surface area contributed by atoms with Crippen LogP contribution in [0.4, 0.5) is 0 Å². The Morgan fingerprint density at radius 1 is 0.759 bits per heavy atom. The van der Waals surface area contributed by atoms with Crippen molar-refractivity contribution in [1.29, 1.82) is 0 Å². The number of allylic oxidation sites excluding steroid dienone is 5. The summed E-state index contributed by atoms with van der Waals surface area (Å²) in [6.45, 7) is 14.7. The van der Waals surface area contributed by atoms with E-state index in [0.29, 0.717) is 18.9 Å². The summed E-state index contributed by atoms with van der Waals surface area (Å²) in [5.74, 6) is -0.228. The summed E-state index contributed by atoms with van der Waals surface area (Å²) < 4.78 is 10.5. The summed E-state index contributed by atoms with van der Waals surface area (Å²) in [5, 5.41) is 0. The Kier molecular flexibility index (Phi) is 15.0. The first kappa shape index (κ1) is 27.2. The molecule has 0 aromatic rings. The highest BCUT2D eigenvalue weighted by atomic mass is 16.5. The molecule has 4 nitrogen and oxygen atoms in total. The highest BCUT2D eigenvalue weighted by Gasteiger charge is 2.13. The lowest BCUT2D eigenvalue weighted by Gasteiger charge is -2.16. The maximum Gasteiger partial charge on any atom is 0.306 e. The van der Waals surface area contributed by atoms with Crippen LogP contribution in [0.5, 0.6) is 0 Å². The van der Waals surface area contributed by atoms with Crippen LogP contribution in [-0.2, 0) is 19.1 Å². The SMILES string of the molecule is CC(C)=CCC/C(C)=C/CC/C(C)=C/COC(=O)CCCC(=O)OC(C)C(C)C. The molecule has 0 radical (unpaired) electrons. The van der Waals surface area contributed by atoms with Crippen molar-refractivity contribution >= 4 is 11.9 Å². The minimum Gasteiger partial charge on any atom is -0.462 e. The van der Waals surface area contributed by atoms with Crippen molar-refractivity contribution in [3.63, 3.8) is 0 Å². The van der Waals surface area contributed by atoms with Crippen molar-refractivity contribution in [2.75, 3.05) is 6.61 Å². The fourth-order valence-electron chi connectivity index (χ4n) is 2.47. The minimum atomic E-state index is -0.270. The molecule has 0 rings (SSSR count). The predicted octanol–water partition coefficient (Wildman–Crippen LogP) is 6.71. The third-order valence-electron chi connectivity index (χ3n) is 4.82. The fourth-order valence-corrected chi connectivity index (χ4v) is 2.47. The molecule has 0 aliphatic rings. The number of carbonyl (C=O) groups is 2. The number of hydrogen-bond acceptors (Lipinski definition) is 4. The molecule has 0 aliphatic carbocycles. The van der Waals surface area contributed by atoms with Gasteiger partial charge in [0.05, 0.1) is 0 Å². The standard InChI is InChI=1S/C25H42O4/c1-19(2)11-8-12-21(5)13-9-14-22(6)17-18-28-24(26)15-10-16-25(27)29-23(7)20(3)4/h11,13,17,20,23H,8-10,12,14-16,18H2,1-7H3/b21-13+,22-17+. The first-order chi connectivity index (χ1) is 13.6. The monoisotopic (exact) mass is 406 g/mol. The zero-order valence-electron chi connectivity index (χ0n) is 19.7. The average molecular weight is 407 g/mol. The Morgan fingerprint density at radius 3 is 1.90 bits per heavy atom. The fraction of sp³-hybridized carbons (Fsp3) is 0.680. The van der Waals surface area contributed by atoms with Gasteiger partial charge in [0.1, 0.15) is 12.7 Å². The number of hydrogen-bond donors (Lipinski definition) is 0. The molecule has 0 amide bonds. The minimum absolute atomic E-state index is 0.0985. The van der Waals surface area contributed by atoms with Crippen LogP contribution in [0, 0.1) is 5.92 Å². The van der Waals surface area contributed by atoms with Crippen molar-refractivity contribution in [2.45, 2.75) is 99.5 Å². The van der Waals surface area contributed by atoms with Crippen molar-refractivity contribution in [3.8, 4) is 0 Å². The molecule has 29 heavy (non-hydrogen) atoms. The quantitative estimate of drug-likeness (QED) is 0.238. The number of ether oxygens (including phenoxy) is 2. The first-order valence-electron chi connectivity index (χ1n) is 10.9. The molecule has 0 aliphatic heterocycles. The van der Waals surface area contributed by atoms with Crippen LogP contribution in [0.15, 0.2) is 34.9 Å². The van der Waals surface area contributed by atoms with E-state index in [4.69, 9.17) is 9.47 Å². The van der Waals surface area contributed by atoms with Gasteiger partial charge in [-0.15, -0.1) is 0 Å². The molecule has 0 saturated carbocycles. The van der Waals surface area contributed by atoms with Crippen LogP contribution >= 0.6 is 0 Å². The highest BCUT2D eigenvalue weighted by Crippen LogP contribution is 2.12. The van der Waals surface area contributed by atoms with Gasteiger partial charge in [-0.1, -0.05) is 42.7 Å². The smallest absolute Gasteiger partial charge is 0.306 e. The van der Waals surface area contributed by atoms with E-state index in [0.717, 1.165) is 25.7 Å². The van der Waals surface area contributed by atoms with Crippen LogP contribution in [0.25, 0.3) is 0 Å². The third-order valence-corrected chi connectivity index (χ3v) is 4.82. The van der Waals surface area contributed by atoms with Gasteiger partial charge in [0.25, 0.3) is 0 Å². The Bertz CT molecular complexity index is 578. The summed E-state index contributed by atoms with van der Waals surface area (Å²) in [6.07, 6.45) is 11.6. The average Bonchev–Trinajstić information content (AvgIpc) is 2.61. The van der Waals surface area contributed by atoms with E-state index >= 15 is 0 Å². The zero-order chi connectivity index (χ0) is 22.2. The predicted molar refractivity (Wildman–Crippen MR) is 121 cm³/mol. The van der Waals surface area contributed by atoms with E-state index in [1.807, 2.05) is 26.8 Å². The maximum atomic E-state index is 11.8. The molecule has 4 heteroatoms. The van der Waals surface area contributed by atoms with Gasteiger partial charge >= 0.3 is 11.9 Å². The van der Waals surface area contributed by atoms with E-state index in [1.54, 1.807) is 0 Å². The number of esters is 2. The third kappa shape index (κ3) is 16.8. The summed E-state index contributed by atoms with van der Waals surface area (Å²) in [6, 6.07) is 0. The molecule has 0 N–H and O–H groups in total. The van der Waals surface area contributed by atoms with Gasteiger partial charge in [0, 0.05) is 12.8 Å². The van der Waals surface area contributed by atoms with Crippen LogP contribution in [0.1, 0.15) is 93.4 Å². The maximum absolute atomic E-state index is 11.8. The van der Waals surface area contributed by atoms with Crippen LogP contribution < -0.4 is 0 Å². The van der Waals surface area contributed by atoms with Gasteiger partial charge in [-0.2, -0.15) is 0 Å². The Labute approximate surface area is 178 Å². The van der Waals surface area contributed by atoms with E-state index < -0.39 is 0 Å². The van der Waals surface area contributed by atoms with Gasteiger partial charge in [0.15, 0.2) is 0 Å². The topological polar surface area (TPSA) is 52.6 Å². The summed E-state index contributed by atoms with van der Waals surface area (Å²) in [4.78, 5) is 23.5. The summed E-state index contributed by atoms with van der Waals surface area (Å²) in [5.41, 5.74) is 4.01. The van der Waals surface area contributed by atoms with Gasteiger partial charge in [-0.25, -0.2) is 0 Å². The Morgan fingerprint density at radius 2 is 1.31 bits per heavy atom. The van der Waals surface area contributed by atoms with E-state index in [-0.39, 0.29) is 30.9 Å². The molecule has 166 valence electrons. The second kappa shape index (κ2) is 16.0. The van der Waals surface area contributed by atoms with Crippen molar-refractivity contribution in [2.24, 2.45) is 5.92 Å². The molecule has 0 saturated heterocycles. The van der Waals surface area contributed by atoms with E-state index in [9.17, 15) is 9.59 Å². The largest absolute Gasteiger partial charge is 0.462 e. The molecular formula is C25H42O4. The highest BCUT2D eigenvalue weighted by molar-refractivity contribution is 5.72. The van der Waals surface area contributed by atoms with Crippen molar-refractivity contribution < 1.29 is 19.1 Å². The van der Waals surface area contributed by atoms with Crippen LogP contribution in [0.3, 0.4) is 0 Å². The molecule has 1 unspecified atom stereocenters. The number of carbonyl (C=O) groups excluding carboxylic acids is 2. The molecule has 0 heterocycles. The van der Waals surface area contributed by atoms with Gasteiger partial charge < -0.3 is 9.47 Å². The molecule has 0 aromatic carbocycles. The zero-order valence-corrected chi connectivity index (χ0v) is 19.7. The molecule has 1 atom stereocenters. The first-order valence-corrected chi connectivity index (χ1v) is 10.9. The van der Waals surface area contributed by atoms with Crippen LogP contribution in [-0.4, -0.2) is 24.6 Å². The Hall–Kier alpha value is -1.84. The molecule has 0 aromatic heterocycles. The van der Waals surface area contributed by atoms with Crippen LogP contribution in [0.2, 0.25) is 0 Å². The molecule has 0 bridgehead atoms. The second-order valence-electron chi connectivity index (χ2n) is 8.44. The lowest BCUT2D eigenvalue weighted by atomic mass is 10.1. The van der Waals surface area contributed by atoms with Gasteiger partial charge in [-0.3, -0.25) is 9.59 Å². The summed E-state index contributed by atoms with van der Waals surface area (Å²) >= 11 is 0. The number of rotatable bonds is 14. The Balaban J connectivity index is 3.94.